The lowest BCUT2D eigenvalue weighted by Gasteiger charge is -2.23. The molecular formula is C19H26N2O8. The molecule has 0 fully saturated rings. The van der Waals surface area contributed by atoms with Crippen molar-refractivity contribution in [2.24, 2.45) is 0 Å². The molecule has 1 amide bonds. The summed E-state index contributed by atoms with van der Waals surface area (Å²) >= 11 is 0. The summed E-state index contributed by atoms with van der Waals surface area (Å²) in [6.07, 6.45) is -1.35. The molecule has 1 heterocycles. The van der Waals surface area contributed by atoms with Crippen molar-refractivity contribution in [2.45, 2.75) is 52.7 Å². The first-order chi connectivity index (χ1) is 13.3. The fourth-order valence-corrected chi connectivity index (χ4v) is 2.73. The Labute approximate surface area is 168 Å². The number of ether oxygens (including phenoxy) is 3. The van der Waals surface area contributed by atoms with E-state index >= 15 is 0 Å². The molecule has 1 aromatic rings. The fourth-order valence-electron chi connectivity index (χ4n) is 2.73. The molecular weight excluding hydrogens is 384 g/mol. The summed E-state index contributed by atoms with van der Waals surface area (Å²) in [5, 5.41) is 11.8. The van der Waals surface area contributed by atoms with E-state index in [1.54, 1.807) is 20.8 Å². The number of nitrogens with one attached hydrogen (secondary N) is 1. The highest BCUT2D eigenvalue weighted by Gasteiger charge is 2.31. The maximum atomic E-state index is 12.3. The summed E-state index contributed by atoms with van der Waals surface area (Å²) in [5.74, 6) is -2.97. The van der Waals surface area contributed by atoms with E-state index < -0.39 is 42.1 Å². The zero-order valence-corrected chi connectivity index (χ0v) is 17.5. The number of aryl methyl sites for hydroxylation is 2. The number of rotatable bonds is 6. The molecule has 10 heteroatoms. The molecule has 0 spiro atoms. The van der Waals surface area contributed by atoms with Gasteiger partial charge in [0.2, 0.25) is 0 Å². The monoisotopic (exact) mass is 410 g/mol. The lowest BCUT2D eigenvalue weighted by Crippen LogP contribution is -2.45. The predicted molar refractivity (Wildman–Crippen MR) is 101 cm³/mol. The number of carboxylic acids is 1. The highest BCUT2D eigenvalue weighted by Crippen LogP contribution is 2.24. The second-order valence-electron chi connectivity index (χ2n) is 7.24. The Balaban J connectivity index is 3.51. The van der Waals surface area contributed by atoms with Crippen LogP contribution in [0.4, 0.5) is 4.79 Å². The van der Waals surface area contributed by atoms with Crippen molar-refractivity contribution in [2.75, 3.05) is 14.2 Å². The maximum Gasteiger partial charge on any atom is 0.408 e. The second-order valence-corrected chi connectivity index (χ2v) is 7.24. The smallest absolute Gasteiger partial charge is 0.408 e. The third-order valence-electron chi connectivity index (χ3n) is 3.84. The molecule has 1 aromatic heterocycles. The number of hydrogen-bond acceptors (Lipinski definition) is 8. The summed E-state index contributed by atoms with van der Waals surface area (Å²) in [7, 11) is 2.30. The molecule has 0 unspecified atom stereocenters. The summed E-state index contributed by atoms with van der Waals surface area (Å²) in [4.78, 5) is 52.6. The minimum Gasteiger partial charge on any atom is -0.480 e. The van der Waals surface area contributed by atoms with Crippen LogP contribution in [0.15, 0.2) is 0 Å². The van der Waals surface area contributed by atoms with E-state index in [9.17, 15) is 24.3 Å². The number of pyridine rings is 1. The average molecular weight is 410 g/mol. The van der Waals surface area contributed by atoms with Gasteiger partial charge in [0.1, 0.15) is 11.6 Å². The van der Waals surface area contributed by atoms with Crippen LogP contribution in [-0.2, 0) is 25.4 Å². The first-order valence-corrected chi connectivity index (χ1v) is 8.71. The topological polar surface area (TPSA) is 141 Å². The van der Waals surface area contributed by atoms with Gasteiger partial charge in [-0.05, 0) is 40.2 Å². The third-order valence-corrected chi connectivity index (χ3v) is 3.84. The van der Waals surface area contributed by atoms with Crippen molar-refractivity contribution in [3.05, 3.63) is 28.1 Å². The molecule has 0 saturated carbocycles. The number of esters is 2. The quantitative estimate of drug-likeness (QED) is 0.530. The molecule has 0 aliphatic rings. The molecule has 10 nitrogen and oxygen atoms in total. The third kappa shape index (κ3) is 6.16. The average Bonchev–Trinajstić information content (AvgIpc) is 2.58. The maximum absolute atomic E-state index is 12.3. The number of alkyl carbamates (subject to hydrolysis) is 1. The van der Waals surface area contributed by atoms with E-state index in [1.807, 2.05) is 0 Å². The SMILES string of the molecule is COC(=O)c1c(C)nc(C)c(C(=O)OC)c1C[C@H](NC(=O)OC(C)(C)C)C(=O)O. The van der Waals surface area contributed by atoms with E-state index in [1.165, 1.54) is 13.8 Å². The van der Waals surface area contributed by atoms with Gasteiger partial charge in [-0.1, -0.05) is 0 Å². The van der Waals surface area contributed by atoms with Gasteiger partial charge in [0.15, 0.2) is 0 Å². The van der Waals surface area contributed by atoms with Crippen molar-refractivity contribution in [3.63, 3.8) is 0 Å². The molecule has 1 rings (SSSR count). The number of nitrogens with zero attached hydrogens (tertiary/aromatic N) is 1. The largest absolute Gasteiger partial charge is 0.480 e. The van der Waals surface area contributed by atoms with E-state index in [-0.39, 0.29) is 28.1 Å². The molecule has 0 radical (unpaired) electrons. The first-order valence-electron chi connectivity index (χ1n) is 8.71. The van der Waals surface area contributed by atoms with Crippen LogP contribution in [-0.4, -0.2) is 60.0 Å². The minimum atomic E-state index is -1.49. The first kappa shape index (κ1) is 23.9. The van der Waals surface area contributed by atoms with Gasteiger partial charge in [-0.2, -0.15) is 0 Å². The van der Waals surface area contributed by atoms with Crippen molar-refractivity contribution in [1.82, 2.24) is 10.3 Å². The summed E-state index contributed by atoms with van der Waals surface area (Å²) in [5.41, 5.74) is -0.411. The number of carboxylic acid groups (broad SMARTS) is 1. The molecule has 2 N–H and O–H groups in total. The van der Waals surface area contributed by atoms with Gasteiger partial charge in [-0.25, -0.2) is 19.2 Å². The van der Waals surface area contributed by atoms with Crippen molar-refractivity contribution in [3.8, 4) is 0 Å². The van der Waals surface area contributed by atoms with Gasteiger partial charge >= 0.3 is 24.0 Å². The lowest BCUT2D eigenvalue weighted by molar-refractivity contribution is -0.139. The Morgan fingerprint density at radius 3 is 1.79 bits per heavy atom. The predicted octanol–water partition coefficient (Wildman–Crippen LogP) is 1.79. The van der Waals surface area contributed by atoms with E-state index in [0.29, 0.717) is 0 Å². The molecule has 29 heavy (non-hydrogen) atoms. The van der Waals surface area contributed by atoms with Crippen molar-refractivity contribution in [1.29, 1.82) is 0 Å². The van der Waals surface area contributed by atoms with Crippen LogP contribution in [0.2, 0.25) is 0 Å². The molecule has 1 atom stereocenters. The van der Waals surface area contributed by atoms with Gasteiger partial charge in [0.05, 0.1) is 36.7 Å². The Bertz CT molecular complexity index is 786. The lowest BCUT2D eigenvalue weighted by atomic mass is 9.93. The summed E-state index contributed by atoms with van der Waals surface area (Å²) in [6.45, 7) is 7.94. The normalized spacial score (nSPS) is 12.0. The summed E-state index contributed by atoms with van der Waals surface area (Å²) < 4.78 is 14.6. The number of carbonyl (C=O) groups excluding carboxylic acids is 3. The Morgan fingerprint density at radius 1 is 1.00 bits per heavy atom. The van der Waals surface area contributed by atoms with Crippen LogP contribution in [0.1, 0.15) is 58.4 Å². The van der Waals surface area contributed by atoms with Gasteiger partial charge in [-0.15, -0.1) is 0 Å². The van der Waals surface area contributed by atoms with Gasteiger partial charge in [0.25, 0.3) is 0 Å². The zero-order chi connectivity index (χ0) is 22.5. The van der Waals surface area contributed by atoms with Crippen LogP contribution in [0, 0.1) is 13.8 Å². The molecule has 160 valence electrons. The number of methoxy groups -OCH3 is 2. The number of amides is 1. The van der Waals surface area contributed by atoms with Crippen LogP contribution in [0.5, 0.6) is 0 Å². The van der Waals surface area contributed by atoms with Crippen LogP contribution in [0.3, 0.4) is 0 Å². The minimum absolute atomic E-state index is 0.0529. The number of aliphatic carboxylic acids is 1. The van der Waals surface area contributed by atoms with Gasteiger partial charge < -0.3 is 24.6 Å². The molecule has 0 aromatic carbocycles. The van der Waals surface area contributed by atoms with Crippen LogP contribution >= 0.6 is 0 Å². The fraction of sp³-hybridized carbons (Fsp3) is 0.526. The number of hydrogen-bond donors (Lipinski definition) is 2. The number of aromatic nitrogens is 1. The van der Waals surface area contributed by atoms with Crippen molar-refractivity contribution < 1.29 is 38.5 Å². The summed E-state index contributed by atoms with van der Waals surface area (Å²) in [6, 6.07) is -1.49. The van der Waals surface area contributed by atoms with E-state index in [0.717, 1.165) is 14.2 Å². The highest BCUT2D eigenvalue weighted by molar-refractivity contribution is 5.99. The Kier molecular flexibility index (Phi) is 7.70. The molecule has 0 saturated heterocycles. The van der Waals surface area contributed by atoms with E-state index in [4.69, 9.17) is 14.2 Å². The van der Waals surface area contributed by atoms with E-state index in [2.05, 4.69) is 10.3 Å². The van der Waals surface area contributed by atoms with Gasteiger partial charge in [0, 0.05) is 6.42 Å². The Morgan fingerprint density at radius 2 is 1.45 bits per heavy atom. The molecule has 0 bridgehead atoms. The molecule has 0 aliphatic heterocycles. The number of carbonyl (C=O) groups is 4. The van der Waals surface area contributed by atoms with Gasteiger partial charge in [-0.3, -0.25) is 4.98 Å². The van der Waals surface area contributed by atoms with Crippen LogP contribution < -0.4 is 5.32 Å². The highest BCUT2D eigenvalue weighted by atomic mass is 16.6. The van der Waals surface area contributed by atoms with Crippen LogP contribution in [0.25, 0.3) is 0 Å². The molecule has 0 aliphatic carbocycles. The Hall–Kier alpha value is -3.17. The zero-order valence-electron chi connectivity index (χ0n) is 17.5. The standard InChI is InChI=1S/C19H26N2O8/c1-9-13(16(24)27-6)11(14(10(2)20-9)17(25)28-7)8-12(15(22)23)21-18(26)29-19(3,4)5/h12H,8H2,1-7H3,(H,21,26)(H,22,23)/t12-/m0/s1. The second kappa shape index (κ2) is 9.35. The van der Waals surface area contributed by atoms with Crippen molar-refractivity contribution >= 4 is 24.0 Å².